The highest BCUT2D eigenvalue weighted by Crippen LogP contribution is 2.29. The largest absolute Gasteiger partial charge is 0.488 e. The van der Waals surface area contributed by atoms with Crippen molar-refractivity contribution in [3.05, 3.63) is 77.5 Å². The highest BCUT2D eigenvalue weighted by atomic mass is 16.5. The van der Waals surface area contributed by atoms with Gasteiger partial charge in [-0.1, -0.05) is 12.1 Å². The average molecular weight is 450 g/mol. The molecule has 0 fully saturated rings. The molecular formula is C25H26N2O6. The minimum atomic E-state index is -0.506. The van der Waals surface area contributed by atoms with Crippen molar-refractivity contribution in [2.45, 2.75) is 20.0 Å². The van der Waals surface area contributed by atoms with Gasteiger partial charge in [0.15, 0.2) is 0 Å². The van der Waals surface area contributed by atoms with E-state index in [1.807, 2.05) is 38.1 Å². The Morgan fingerprint density at radius 3 is 2.42 bits per heavy atom. The van der Waals surface area contributed by atoms with Crippen molar-refractivity contribution < 1.29 is 28.5 Å². The first-order valence-electron chi connectivity index (χ1n) is 10.3. The smallest absolute Gasteiger partial charge is 0.339 e. The molecule has 0 aliphatic rings. The van der Waals surface area contributed by atoms with Gasteiger partial charge in [-0.05, 0) is 55.8 Å². The molecule has 1 heterocycles. The van der Waals surface area contributed by atoms with Gasteiger partial charge in [-0.15, -0.1) is 0 Å². The minimum absolute atomic E-state index is 0.229. The minimum Gasteiger partial charge on any atom is -0.488 e. The van der Waals surface area contributed by atoms with Gasteiger partial charge in [0.1, 0.15) is 29.2 Å². The number of hydrogen-bond donors (Lipinski definition) is 1. The van der Waals surface area contributed by atoms with Crippen molar-refractivity contribution in [1.29, 1.82) is 0 Å². The van der Waals surface area contributed by atoms with Crippen molar-refractivity contribution in [1.82, 2.24) is 4.98 Å². The van der Waals surface area contributed by atoms with E-state index in [1.54, 1.807) is 25.3 Å². The number of pyridine rings is 1. The summed E-state index contributed by atoms with van der Waals surface area (Å²) in [6.45, 7) is 4.22. The van der Waals surface area contributed by atoms with Crippen LogP contribution in [0.2, 0.25) is 0 Å². The summed E-state index contributed by atoms with van der Waals surface area (Å²) in [4.78, 5) is 28.6. The number of carbonyl (C=O) groups excluding carboxylic acids is 2. The predicted octanol–water partition coefficient (Wildman–Crippen LogP) is 4.63. The summed E-state index contributed by atoms with van der Waals surface area (Å²) < 4.78 is 21.7. The Kier molecular flexibility index (Phi) is 7.99. The molecule has 0 unspecified atom stereocenters. The summed E-state index contributed by atoms with van der Waals surface area (Å²) in [5.41, 5.74) is 1.65. The van der Waals surface area contributed by atoms with Crippen LogP contribution in [0, 0.1) is 6.92 Å². The zero-order valence-electron chi connectivity index (χ0n) is 19.0. The van der Waals surface area contributed by atoms with Gasteiger partial charge in [0, 0.05) is 24.9 Å². The molecule has 0 radical (unpaired) electrons. The first-order valence-corrected chi connectivity index (χ1v) is 10.3. The van der Waals surface area contributed by atoms with Crippen molar-refractivity contribution in [3.8, 4) is 17.2 Å². The number of benzene rings is 2. The first kappa shape index (κ1) is 23.7. The van der Waals surface area contributed by atoms with Crippen molar-refractivity contribution >= 4 is 17.7 Å². The SMILES string of the molecule is COC[C@H](C)Oc1cc(Oc2cccc(C)c2)cc(C(=O)Nc2ccc(C(=O)OC)cn2)c1. The van der Waals surface area contributed by atoms with Crippen LogP contribution in [0.25, 0.3) is 0 Å². The van der Waals surface area contributed by atoms with E-state index in [0.717, 1.165) is 5.56 Å². The number of aromatic nitrogens is 1. The number of carbonyl (C=O) groups is 2. The Morgan fingerprint density at radius 1 is 0.970 bits per heavy atom. The van der Waals surface area contributed by atoms with Crippen molar-refractivity contribution in [2.24, 2.45) is 0 Å². The van der Waals surface area contributed by atoms with Crippen molar-refractivity contribution in [3.63, 3.8) is 0 Å². The molecule has 3 rings (SSSR count). The quantitative estimate of drug-likeness (QED) is 0.475. The van der Waals surface area contributed by atoms with Crippen molar-refractivity contribution in [2.75, 3.05) is 26.1 Å². The zero-order chi connectivity index (χ0) is 23.8. The Balaban J connectivity index is 1.85. The van der Waals surface area contributed by atoms with Gasteiger partial charge in [-0.3, -0.25) is 4.79 Å². The van der Waals surface area contributed by atoms with Gasteiger partial charge >= 0.3 is 5.97 Å². The van der Waals surface area contributed by atoms with E-state index in [-0.39, 0.29) is 17.5 Å². The van der Waals surface area contributed by atoms with E-state index in [1.165, 1.54) is 25.4 Å². The van der Waals surface area contributed by atoms with Crippen LogP contribution < -0.4 is 14.8 Å². The first-order chi connectivity index (χ1) is 15.9. The number of amides is 1. The lowest BCUT2D eigenvalue weighted by atomic mass is 10.1. The van der Waals surface area contributed by atoms with Gasteiger partial charge in [-0.2, -0.15) is 0 Å². The number of methoxy groups -OCH3 is 2. The maximum absolute atomic E-state index is 12.9. The molecular weight excluding hydrogens is 424 g/mol. The molecule has 2 aromatic carbocycles. The lowest BCUT2D eigenvalue weighted by Gasteiger charge is -2.16. The lowest BCUT2D eigenvalue weighted by Crippen LogP contribution is -2.19. The Morgan fingerprint density at radius 2 is 1.76 bits per heavy atom. The third-order valence-corrected chi connectivity index (χ3v) is 4.53. The summed E-state index contributed by atoms with van der Waals surface area (Å²) >= 11 is 0. The third-order valence-electron chi connectivity index (χ3n) is 4.53. The van der Waals surface area contributed by atoms with E-state index >= 15 is 0 Å². The molecule has 0 spiro atoms. The van der Waals surface area contributed by atoms with Crippen LogP contribution in [0.4, 0.5) is 5.82 Å². The van der Waals surface area contributed by atoms with Crippen LogP contribution in [0.1, 0.15) is 33.2 Å². The molecule has 33 heavy (non-hydrogen) atoms. The van der Waals surface area contributed by atoms with Gasteiger partial charge < -0.3 is 24.3 Å². The molecule has 1 amide bonds. The molecule has 3 aromatic rings. The van der Waals surface area contributed by atoms with Crippen LogP contribution in [0.15, 0.2) is 60.8 Å². The summed E-state index contributed by atoms with van der Waals surface area (Å²) in [7, 11) is 2.88. The maximum Gasteiger partial charge on any atom is 0.339 e. The van der Waals surface area contributed by atoms with Crippen LogP contribution >= 0.6 is 0 Å². The number of anilines is 1. The summed E-state index contributed by atoms with van der Waals surface area (Å²) in [6, 6.07) is 15.6. The fourth-order valence-corrected chi connectivity index (χ4v) is 3.04. The fraction of sp³-hybridized carbons (Fsp3) is 0.240. The number of aryl methyl sites for hydroxylation is 1. The molecule has 8 nitrogen and oxygen atoms in total. The predicted molar refractivity (Wildman–Crippen MR) is 123 cm³/mol. The normalized spacial score (nSPS) is 11.4. The van der Waals surface area contributed by atoms with E-state index in [2.05, 4.69) is 15.0 Å². The standard InChI is InChI=1S/C25H26N2O6/c1-16-6-5-7-20(10-16)33-22-12-19(11-21(13-22)32-17(2)15-30-3)24(28)27-23-9-8-18(14-26-23)25(29)31-4/h5-14,17H,15H2,1-4H3,(H,26,27,28)/t17-/m0/s1. The number of rotatable bonds is 9. The van der Waals surface area contributed by atoms with Gasteiger partial charge in [0.25, 0.3) is 5.91 Å². The number of nitrogens with one attached hydrogen (secondary N) is 1. The van der Waals surface area contributed by atoms with Crippen LogP contribution in [0.5, 0.6) is 17.2 Å². The molecule has 0 saturated carbocycles. The fourth-order valence-electron chi connectivity index (χ4n) is 3.04. The molecule has 1 aromatic heterocycles. The van der Waals surface area contributed by atoms with E-state index in [9.17, 15) is 9.59 Å². The monoisotopic (exact) mass is 450 g/mol. The summed E-state index contributed by atoms with van der Waals surface area (Å²) in [6.07, 6.45) is 1.10. The number of nitrogens with zero attached hydrogens (tertiary/aromatic N) is 1. The average Bonchev–Trinajstić information content (AvgIpc) is 2.79. The van der Waals surface area contributed by atoms with E-state index < -0.39 is 11.9 Å². The Labute approximate surface area is 192 Å². The number of ether oxygens (including phenoxy) is 4. The summed E-state index contributed by atoms with van der Waals surface area (Å²) in [5, 5.41) is 2.71. The van der Waals surface area contributed by atoms with E-state index in [4.69, 9.17) is 14.2 Å². The molecule has 1 N–H and O–H groups in total. The third kappa shape index (κ3) is 6.78. The number of hydrogen-bond acceptors (Lipinski definition) is 7. The highest BCUT2D eigenvalue weighted by molar-refractivity contribution is 6.04. The highest BCUT2D eigenvalue weighted by Gasteiger charge is 2.14. The van der Waals surface area contributed by atoms with Gasteiger partial charge in [0.2, 0.25) is 0 Å². The summed E-state index contributed by atoms with van der Waals surface area (Å²) in [5.74, 6) is 0.919. The molecule has 0 bridgehead atoms. The van der Waals surface area contributed by atoms with Gasteiger partial charge in [0.05, 0.1) is 19.3 Å². The number of esters is 1. The van der Waals surface area contributed by atoms with Crippen LogP contribution in [-0.4, -0.2) is 43.8 Å². The second kappa shape index (κ2) is 11.1. The van der Waals surface area contributed by atoms with E-state index in [0.29, 0.717) is 29.4 Å². The van der Waals surface area contributed by atoms with Gasteiger partial charge in [-0.25, -0.2) is 9.78 Å². The van der Waals surface area contributed by atoms with Crippen LogP contribution in [0.3, 0.4) is 0 Å². The van der Waals surface area contributed by atoms with Crippen LogP contribution in [-0.2, 0) is 9.47 Å². The molecule has 172 valence electrons. The zero-order valence-corrected chi connectivity index (χ0v) is 19.0. The Hall–Kier alpha value is -3.91. The molecule has 8 heteroatoms. The molecule has 0 aliphatic heterocycles. The topological polar surface area (TPSA) is 96.0 Å². The lowest BCUT2D eigenvalue weighted by molar-refractivity contribution is 0.0600. The second-order valence-electron chi connectivity index (χ2n) is 7.37. The molecule has 1 atom stereocenters. The molecule has 0 saturated heterocycles. The Bertz CT molecular complexity index is 1110. The maximum atomic E-state index is 12.9. The second-order valence-corrected chi connectivity index (χ2v) is 7.37. The molecule has 0 aliphatic carbocycles.